The van der Waals surface area contributed by atoms with Gasteiger partial charge >= 0.3 is 10.1 Å². The molecular weight excluding hydrogens is 87.1 g/mol. The lowest BCUT2D eigenvalue weighted by Crippen LogP contribution is -1.87. The van der Waals surface area contributed by atoms with Crippen LogP contribution in [0.15, 0.2) is 0 Å². The highest BCUT2D eigenvalue weighted by molar-refractivity contribution is 6.16. The van der Waals surface area contributed by atoms with E-state index in [2.05, 4.69) is 4.43 Å². The van der Waals surface area contributed by atoms with Gasteiger partial charge in [-0.1, -0.05) is 0 Å². The van der Waals surface area contributed by atoms with Gasteiger partial charge in [0, 0.05) is 6.61 Å². The SMILES string of the molecule is CCO[Si]F. The Morgan fingerprint density at radius 2 is 2.60 bits per heavy atom. The molecule has 0 saturated carbocycles. The van der Waals surface area contributed by atoms with Crippen LogP contribution >= 0.6 is 0 Å². The molecule has 0 aliphatic carbocycles. The van der Waals surface area contributed by atoms with Gasteiger partial charge in [-0.05, 0) is 6.92 Å². The summed E-state index contributed by atoms with van der Waals surface area (Å²) in [4.78, 5) is 0. The first-order valence-corrected chi connectivity index (χ1v) is 2.18. The van der Waals surface area contributed by atoms with E-state index in [0.717, 1.165) is 0 Å². The predicted octanol–water partition coefficient (Wildman–Crippen LogP) is 0.527. The minimum atomic E-state index is -0.842. The van der Waals surface area contributed by atoms with Crippen molar-refractivity contribution in [2.75, 3.05) is 6.61 Å². The lowest BCUT2D eigenvalue weighted by molar-refractivity contribution is 0.333. The minimum absolute atomic E-state index is 0.481. The number of halogens is 1. The highest BCUT2D eigenvalue weighted by Crippen LogP contribution is 1.63. The van der Waals surface area contributed by atoms with E-state index in [0.29, 0.717) is 6.61 Å². The molecule has 2 radical (unpaired) electrons. The molecule has 0 rings (SSSR count). The molecule has 3 heteroatoms. The summed E-state index contributed by atoms with van der Waals surface area (Å²) in [6.07, 6.45) is 0. The van der Waals surface area contributed by atoms with E-state index in [4.69, 9.17) is 0 Å². The van der Waals surface area contributed by atoms with Crippen molar-refractivity contribution < 1.29 is 8.53 Å². The van der Waals surface area contributed by atoms with Gasteiger partial charge in [0.15, 0.2) is 0 Å². The van der Waals surface area contributed by atoms with Gasteiger partial charge < -0.3 is 4.43 Å². The van der Waals surface area contributed by atoms with Crippen LogP contribution in [0, 0.1) is 0 Å². The van der Waals surface area contributed by atoms with E-state index in [-0.39, 0.29) is 0 Å². The summed E-state index contributed by atoms with van der Waals surface area (Å²) in [5, 5.41) is 0. The number of hydrogen-bond donors (Lipinski definition) is 0. The Labute approximate surface area is 33.3 Å². The maximum absolute atomic E-state index is 10.8. The molecule has 0 heterocycles. The standard InChI is InChI=1S/C2H5FOSi/c1-2-4-5-3/h2H2,1H3. The van der Waals surface area contributed by atoms with Crippen molar-refractivity contribution in [1.82, 2.24) is 0 Å². The van der Waals surface area contributed by atoms with Crippen LogP contribution in [0.1, 0.15) is 6.92 Å². The Hall–Kier alpha value is 0.107. The fraction of sp³-hybridized carbons (Fsp3) is 1.00. The zero-order valence-corrected chi connectivity index (χ0v) is 3.99. The normalized spacial score (nSPS) is 8.40. The van der Waals surface area contributed by atoms with Crippen LogP contribution in [0.2, 0.25) is 0 Å². The molecule has 0 unspecified atom stereocenters. The molecule has 0 aromatic carbocycles. The van der Waals surface area contributed by atoms with Crippen LogP contribution in [0.4, 0.5) is 4.11 Å². The van der Waals surface area contributed by atoms with E-state index < -0.39 is 10.1 Å². The highest BCUT2D eigenvalue weighted by Gasteiger charge is 1.76. The average molecular weight is 92.1 g/mol. The van der Waals surface area contributed by atoms with Crippen LogP contribution in [-0.2, 0) is 4.43 Å². The molecule has 0 aromatic rings. The number of rotatable bonds is 2. The van der Waals surface area contributed by atoms with Crippen LogP contribution in [0.25, 0.3) is 0 Å². The minimum Gasteiger partial charge on any atom is -0.390 e. The summed E-state index contributed by atoms with van der Waals surface area (Å²) in [6.45, 7) is 2.24. The maximum atomic E-state index is 10.8. The van der Waals surface area contributed by atoms with E-state index >= 15 is 0 Å². The molecule has 5 heavy (non-hydrogen) atoms. The number of hydrogen-bond acceptors (Lipinski definition) is 1. The molecule has 0 N–H and O–H groups in total. The van der Waals surface area contributed by atoms with E-state index in [1.54, 1.807) is 6.92 Å². The van der Waals surface area contributed by atoms with Crippen LogP contribution in [0.3, 0.4) is 0 Å². The maximum Gasteiger partial charge on any atom is 0.485 e. The summed E-state index contributed by atoms with van der Waals surface area (Å²) >= 11 is 0. The summed E-state index contributed by atoms with van der Waals surface area (Å²) in [5.74, 6) is 0. The summed E-state index contributed by atoms with van der Waals surface area (Å²) in [5.41, 5.74) is 0. The molecule has 0 aromatic heterocycles. The first-order chi connectivity index (χ1) is 2.41. The fourth-order valence-electron chi connectivity index (χ4n) is 0.0546. The van der Waals surface area contributed by atoms with Crippen molar-refractivity contribution in [3.63, 3.8) is 0 Å². The molecule has 0 saturated heterocycles. The van der Waals surface area contributed by atoms with Gasteiger partial charge in [-0.3, -0.25) is 4.11 Å². The third-order valence-electron chi connectivity index (χ3n) is 0.199. The zero-order chi connectivity index (χ0) is 4.12. The van der Waals surface area contributed by atoms with Gasteiger partial charge in [-0.25, -0.2) is 0 Å². The second-order valence-corrected chi connectivity index (χ2v) is 0.953. The molecule has 0 aliphatic heterocycles. The van der Waals surface area contributed by atoms with Crippen molar-refractivity contribution in [3.8, 4) is 0 Å². The van der Waals surface area contributed by atoms with Gasteiger partial charge in [0.25, 0.3) is 0 Å². The summed E-state index contributed by atoms with van der Waals surface area (Å²) < 4.78 is 15.0. The first kappa shape index (κ1) is 5.11. The molecular formula is C2H5FOSi. The summed E-state index contributed by atoms with van der Waals surface area (Å²) in [6, 6.07) is 0. The van der Waals surface area contributed by atoms with Crippen molar-refractivity contribution in [2.45, 2.75) is 6.92 Å². The average Bonchev–Trinajstić information content (AvgIpc) is 1.41. The lowest BCUT2D eigenvalue weighted by atomic mass is 10.9. The molecule has 0 aliphatic rings. The van der Waals surface area contributed by atoms with Gasteiger partial charge in [-0.2, -0.15) is 0 Å². The summed E-state index contributed by atoms with van der Waals surface area (Å²) in [7, 11) is -0.842. The third-order valence-corrected chi connectivity index (χ3v) is 0.597. The Balaban J connectivity index is 2.19. The van der Waals surface area contributed by atoms with Gasteiger partial charge in [0.05, 0.1) is 0 Å². The second kappa shape index (κ2) is 4.11. The Morgan fingerprint density at radius 1 is 2.00 bits per heavy atom. The van der Waals surface area contributed by atoms with Crippen molar-refractivity contribution >= 4 is 10.1 Å². The van der Waals surface area contributed by atoms with Crippen LogP contribution in [-0.4, -0.2) is 16.7 Å². The fourth-order valence-corrected chi connectivity index (χ4v) is 0.164. The van der Waals surface area contributed by atoms with E-state index in [1.807, 2.05) is 0 Å². The molecule has 0 bridgehead atoms. The largest absolute Gasteiger partial charge is 0.485 e. The van der Waals surface area contributed by atoms with Crippen LogP contribution in [0.5, 0.6) is 0 Å². The first-order valence-electron chi connectivity index (χ1n) is 1.39. The Kier molecular flexibility index (Phi) is 4.19. The predicted molar refractivity (Wildman–Crippen MR) is 18.5 cm³/mol. The molecule has 1 nitrogen and oxygen atoms in total. The topological polar surface area (TPSA) is 9.23 Å². The smallest absolute Gasteiger partial charge is 0.390 e. The molecule has 0 fully saturated rings. The van der Waals surface area contributed by atoms with Crippen molar-refractivity contribution in [3.05, 3.63) is 0 Å². The third kappa shape index (κ3) is 4.11. The van der Waals surface area contributed by atoms with E-state index in [1.165, 1.54) is 0 Å². The molecule has 30 valence electrons. The monoisotopic (exact) mass is 92.0 g/mol. The molecule has 0 atom stereocenters. The Morgan fingerprint density at radius 3 is 2.60 bits per heavy atom. The van der Waals surface area contributed by atoms with E-state index in [9.17, 15) is 4.11 Å². The Bertz CT molecular complexity index is 17.1. The van der Waals surface area contributed by atoms with Gasteiger partial charge in [0.2, 0.25) is 0 Å². The lowest BCUT2D eigenvalue weighted by Gasteiger charge is -1.80. The molecule has 0 amide bonds. The van der Waals surface area contributed by atoms with Crippen molar-refractivity contribution in [2.24, 2.45) is 0 Å². The highest BCUT2D eigenvalue weighted by atomic mass is 28.3. The van der Waals surface area contributed by atoms with Gasteiger partial charge in [-0.15, -0.1) is 0 Å². The van der Waals surface area contributed by atoms with Crippen LogP contribution < -0.4 is 0 Å². The van der Waals surface area contributed by atoms with Crippen molar-refractivity contribution in [1.29, 1.82) is 0 Å². The molecule has 0 spiro atoms. The quantitative estimate of drug-likeness (QED) is 0.356. The zero-order valence-electron chi connectivity index (χ0n) is 2.99. The van der Waals surface area contributed by atoms with Gasteiger partial charge in [0.1, 0.15) is 0 Å². The second-order valence-electron chi connectivity index (χ2n) is 0.510.